The van der Waals surface area contributed by atoms with Crippen LogP contribution in [-0.2, 0) is 0 Å². The van der Waals surface area contributed by atoms with Crippen LogP contribution >= 0.6 is 0 Å². The van der Waals surface area contributed by atoms with Gasteiger partial charge >= 0.3 is 0 Å². The molecule has 24 heavy (non-hydrogen) atoms. The van der Waals surface area contributed by atoms with E-state index in [1.54, 1.807) is 30.9 Å². The van der Waals surface area contributed by atoms with Crippen molar-refractivity contribution in [2.75, 3.05) is 18.0 Å². The first-order chi connectivity index (χ1) is 11.7. The summed E-state index contributed by atoms with van der Waals surface area (Å²) in [6, 6.07) is 5.37. The fraction of sp³-hybridized carbons (Fsp3) is 0.263. The molecule has 2 aromatic heterocycles. The zero-order chi connectivity index (χ0) is 16.5. The van der Waals surface area contributed by atoms with Gasteiger partial charge in [0.15, 0.2) is 0 Å². The van der Waals surface area contributed by atoms with Crippen LogP contribution in [0.1, 0.15) is 25.3 Å². The first kappa shape index (κ1) is 14.9. The highest BCUT2D eigenvalue weighted by molar-refractivity contribution is 5.93. The minimum atomic E-state index is -0.207. The van der Waals surface area contributed by atoms with Gasteiger partial charge in [0, 0.05) is 37.1 Å². The third-order valence-electron chi connectivity index (χ3n) is 4.77. The van der Waals surface area contributed by atoms with E-state index in [0.717, 1.165) is 42.7 Å². The van der Waals surface area contributed by atoms with E-state index < -0.39 is 0 Å². The zero-order valence-corrected chi connectivity index (χ0v) is 13.6. The van der Waals surface area contributed by atoms with Crippen molar-refractivity contribution in [3.05, 3.63) is 59.9 Å². The average Bonchev–Trinajstić information content (AvgIpc) is 3.13. The van der Waals surface area contributed by atoms with Crippen molar-refractivity contribution in [3.8, 4) is 0 Å². The lowest BCUT2D eigenvalue weighted by atomic mass is 9.93. The number of nitrogens with zero attached hydrogens (tertiary/aromatic N) is 3. The Kier molecular flexibility index (Phi) is 3.76. The van der Waals surface area contributed by atoms with E-state index >= 15 is 0 Å². The molecule has 0 unspecified atom stereocenters. The number of hydrogen-bond donors (Lipinski definition) is 1. The summed E-state index contributed by atoms with van der Waals surface area (Å²) in [5.74, 6) is 0.703. The molecule has 0 aliphatic carbocycles. The highest BCUT2D eigenvalue weighted by Gasteiger charge is 2.19. The molecular formula is C19H19FN4. The average molecular weight is 322 g/mol. The van der Waals surface area contributed by atoms with Gasteiger partial charge in [-0.3, -0.25) is 4.98 Å². The van der Waals surface area contributed by atoms with Crippen LogP contribution in [0.2, 0.25) is 0 Å². The first-order valence-electron chi connectivity index (χ1n) is 8.19. The van der Waals surface area contributed by atoms with Crippen LogP contribution in [0.5, 0.6) is 0 Å². The summed E-state index contributed by atoms with van der Waals surface area (Å²) < 4.78 is 13.9. The Hall–Kier alpha value is -2.69. The van der Waals surface area contributed by atoms with Crippen LogP contribution in [0.25, 0.3) is 16.5 Å². The summed E-state index contributed by atoms with van der Waals surface area (Å²) >= 11 is 0. The molecule has 3 heterocycles. The molecule has 0 radical (unpaired) electrons. The van der Waals surface area contributed by atoms with Crippen LogP contribution in [0.3, 0.4) is 0 Å². The number of halogens is 1. The molecule has 0 amide bonds. The Morgan fingerprint density at radius 2 is 2.17 bits per heavy atom. The first-order valence-corrected chi connectivity index (χ1v) is 8.19. The summed E-state index contributed by atoms with van der Waals surface area (Å²) in [6.45, 7) is 3.96. The molecule has 122 valence electrons. The molecule has 1 aliphatic rings. The van der Waals surface area contributed by atoms with Gasteiger partial charge in [-0.15, -0.1) is 0 Å². The number of hydrogen-bond acceptors (Lipinski definition) is 3. The molecule has 1 aliphatic heterocycles. The lowest BCUT2D eigenvalue weighted by Crippen LogP contribution is -2.32. The van der Waals surface area contributed by atoms with Crippen LogP contribution in [0, 0.1) is 5.82 Å². The fourth-order valence-corrected chi connectivity index (χ4v) is 3.47. The van der Waals surface area contributed by atoms with Gasteiger partial charge in [-0.2, -0.15) is 0 Å². The zero-order valence-electron chi connectivity index (χ0n) is 13.6. The number of H-pyrrole nitrogens is 1. The topological polar surface area (TPSA) is 44.8 Å². The second kappa shape index (κ2) is 6.07. The Morgan fingerprint density at radius 3 is 3.00 bits per heavy atom. The molecule has 4 nitrogen and oxygen atoms in total. The molecule has 3 aromatic rings. The van der Waals surface area contributed by atoms with Crippen LogP contribution in [0.15, 0.2) is 48.6 Å². The molecule has 1 N–H and O–H groups in total. The van der Waals surface area contributed by atoms with Crippen LogP contribution in [-0.4, -0.2) is 28.0 Å². The normalized spacial score (nSPS) is 17.3. The minimum absolute atomic E-state index is 0.207. The Morgan fingerprint density at radius 1 is 1.25 bits per heavy atom. The lowest BCUT2D eigenvalue weighted by Gasteiger charge is -2.30. The Balaban J connectivity index is 1.72. The molecule has 0 saturated carbocycles. The Labute approximate surface area is 140 Å². The number of piperidine rings is 1. The second-order valence-electron chi connectivity index (χ2n) is 6.18. The van der Waals surface area contributed by atoms with Gasteiger partial charge < -0.3 is 9.88 Å². The summed E-state index contributed by atoms with van der Waals surface area (Å²) in [6.07, 6.45) is 9.16. The van der Waals surface area contributed by atoms with Crippen LogP contribution in [0.4, 0.5) is 10.2 Å². The predicted octanol–water partition coefficient (Wildman–Crippen LogP) is 4.17. The highest BCUT2D eigenvalue weighted by Crippen LogP contribution is 2.32. The van der Waals surface area contributed by atoms with E-state index in [2.05, 4.69) is 26.8 Å². The van der Waals surface area contributed by atoms with Gasteiger partial charge in [-0.05, 0) is 48.6 Å². The van der Waals surface area contributed by atoms with Crippen LogP contribution < -0.4 is 4.90 Å². The van der Waals surface area contributed by atoms with Crippen molar-refractivity contribution in [1.82, 2.24) is 15.0 Å². The molecule has 4 rings (SSSR count). The minimum Gasteiger partial charge on any atom is -0.359 e. The molecule has 5 heteroatoms. The van der Waals surface area contributed by atoms with Gasteiger partial charge in [0.2, 0.25) is 0 Å². The maximum atomic E-state index is 13.9. The van der Waals surface area contributed by atoms with Crippen molar-refractivity contribution >= 4 is 22.3 Å². The largest absolute Gasteiger partial charge is 0.359 e. The van der Waals surface area contributed by atoms with E-state index in [0.29, 0.717) is 5.52 Å². The van der Waals surface area contributed by atoms with Crippen molar-refractivity contribution in [2.45, 2.75) is 19.8 Å². The molecule has 0 spiro atoms. The third kappa shape index (κ3) is 2.56. The van der Waals surface area contributed by atoms with Crippen molar-refractivity contribution in [1.29, 1.82) is 0 Å². The van der Waals surface area contributed by atoms with E-state index in [1.807, 2.05) is 12.1 Å². The highest BCUT2D eigenvalue weighted by atomic mass is 19.1. The van der Waals surface area contributed by atoms with Gasteiger partial charge in [0.05, 0.1) is 11.7 Å². The number of nitrogens with one attached hydrogen (secondary N) is 1. The number of allylic oxidation sites excluding steroid dienone is 1. The SMILES string of the molecule is C/C(=C1\CCCN(c2cnccn2)C1)c1ccc(F)c2[nH]ccc12. The number of fused-ring (bicyclic) bond motifs is 1. The second-order valence-corrected chi connectivity index (χ2v) is 6.18. The van der Waals surface area contributed by atoms with Crippen molar-refractivity contribution in [2.24, 2.45) is 0 Å². The molecule has 0 atom stereocenters. The molecule has 0 bridgehead atoms. The number of benzene rings is 1. The summed E-state index contributed by atoms with van der Waals surface area (Å²) in [5.41, 5.74) is 4.28. The number of rotatable bonds is 2. The molecular weight excluding hydrogens is 303 g/mol. The maximum Gasteiger partial charge on any atom is 0.147 e. The summed E-state index contributed by atoms with van der Waals surface area (Å²) in [7, 11) is 0. The van der Waals surface area contributed by atoms with Gasteiger partial charge in [0.1, 0.15) is 11.6 Å². The van der Waals surface area contributed by atoms with Gasteiger partial charge in [0.25, 0.3) is 0 Å². The lowest BCUT2D eigenvalue weighted by molar-refractivity contribution is 0.637. The number of anilines is 1. The predicted molar refractivity (Wildman–Crippen MR) is 94.3 cm³/mol. The Bertz CT molecular complexity index is 898. The van der Waals surface area contributed by atoms with E-state index in [-0.39, 0.29) is 5.82 Å². The molecule has 1 saturated heterocycles. The van der Waals surface area contributed by atoms with Crippen molar-refractivity contribution < 1.29 is 4.39 Å². The number of aromatic nitrogens is 3. The smallest absolute Gasteiger partial charge is 0.147 e. The van der Waals surface area contributed by atoms with E-state index in [9.17, 15) is 4.39 Å². The van der Waals surface area contributed by atoms with Gasteiger partial charge in [-0.1, -0.05) is 6.07 Å². The third-order valence-corrected chi connectivity index (χ3v) is 4.77. The van der Waals surface area contributed by atoms with E-state index in [4.69, 9.17) is 0 Å². The molecule has 1 fully saturated rings. The monoisotopic (exact) mass is 322 g/mol. The fourth-order valence-electron chi connectivity index (χ4n) is 3.47. The van der Waals surface area contributed by atoms with Crippen molar-refractivity contribution in [3.63, 3.8) is 0 Å². The summed E-state index contributed by atoms with van der Waals surface area (Å²) in [5, 5.41) is 0.941. The van der Waals surface area contributed by atoms with Gasteiger partial charge in [-0.25, -0.2) is 9.37 Å². The standard InChI is InChI=1S/C19H19FN4/c1-13(15-4-5-17(20)19-16(15)6-7-23-19)14-3-2-10-24(12-14)18-11-21-8-9-22-18/h4-9,11,23H,2-3,10,12H2,1H3/b14-13-. The van der Waals surface area contributed by atoms with E-state index in [1.165, 1.54) is 11.1 Å². The maximum absolute atomic E-state index is 13.9. The summed E-state index contributed by atoms with van der Waals surface area (Å²) in [4.78, 5) is 13.8. The quantitative estimate of drug-likeness (QED) is 0.770. The molecule has 1 aromatic carbocycles. The number of aromatic amines is 1.